The van der Waals surface area contributed by atoms with Crippen LogP contribution in [0.15, 0.2) is 42.9 Å². The largest absolute Gasteiger partial charge is 0.296 e. The summed E-state index contributed by atoms with van der Waals surface area (Å²) in [6.07, 6.45) is 8.87. The van der Waals surface area contributed by atoms with Gasteiger partial charge >= 0.3 is 0 Å². The molecule has 1 aliphatic rings. The van der Waals surface area contributed by atoms with Gasteiger partial charge in [0.25, 0.3) is 5.91 Å². The molecule has 0 aromatic carbocycles. The number of nitrogens with one attached hydrogen (secondary N) is 1. The highest BCUT2D eigenvalue weighted by Gasteiger charge is 2.21. The van der Waals surface area contributed by atoms with Crippen LogP contribution in [0.2, 0.25) is 0 Å². The summed E-state index contributed by atoms with van der Waals surface area (Å²) >= 11 is 1.41. The maximum Gasteiger partial charge on any atom is 0.275 e. The molecule has 0 bridgehead atoms. The van der Waals surface area contributed by atoms with Gasteiger partial charge in [0.15, 0.2) is 5.13 Å². The third-order valence-corrected chi connectivity index (χ3v) is 5.18. The predicted molar refractivity (Wildman–Crippen MR) is 92.9 cm³/mol. The summed E-state index contributed by atoms with van der Waals surface area (Å²) in [6.45, 7) is 0.812. The Balaban J connectivity index is 1.47. The molecule has 3 aromatic rings. The van der Waals surface area contributed by atoms with E-state index in [0.717, 1.165) is 17.1 Å². The van der Waals surface area contributed by atoms with Gasteiger partial charge in [-0.05, 0) is 37.0 Å². The second kappa shape index (κ2) is 6.52. The van der Waals surface area contributed by atoms with Gasteiger partial charge in [0.2, 0.25) is 0 Å². The van der Waals surface area contributed by atoms with Crippen molar-refractivity contribution in [3.63, 3.8) is 0 Å². The van der Waals surface area contributed by atoms with Crippen LogP contribution in [-0.2, 0) is 6.54 Å². The van der Waals surface area contributed by atoms with E-state index in [2.05, 4.69) is 20.4 Å². The molecule has 4 rings (SSSR count). The van der Waals surface area contributed by atoms with Gasteiger partial charge in [-0.25, -0.2) is 4.98 Å². The summed E-state index contributed by atoms with van der Waals surface area (Å²) < 4.78 is 1.80. The molecule has 1 amide bonds. The highest BCUT2D eigenvalue weighted by atomic mass is 32.1. The minimum Gasteiger partial charge on any atom is -0.296 e. The molecule has 24 heavy (non-hydrogen) atoms. The second-order valence-corrected chi connectivity index (χ2v) is 6.92. The fourth-order valence-electron chi connectivity index (χ4n) is 2.71. The van der Waals surface area contributed by atoms with Crippen LogP contribution < -0.4 is 5.32 Å². The molecule has 6 nitrogen and oxygen atoms in total. The molecular weight excluding hydrogens is 322 g/mol. The third kappa shape index (κ3) is 3.07. The van der Waals surface area contributed by atoms with Crippen LogP contribution in [0.3, 0.4) is 0 Å². The maximum absolute atomic E-state index is 12.5. The Labute approximate surface area is 143 Å². The second-order valence-electron chi connectivity index (χ2n) is 5.89. The molecule has 7 heteroatoms. The van der Waals surface area contributed by atoms with Crippen molar-refractivity contribution >= 4 is 22.4 Å². The van der Waals surface area contributed by atoms with E-state index < -0.39 is 0 Å². The molecule has 3 heterocycles. The van der Waals surface area contributed by atoms with Gasteiger partial charge in [0, 0.05) is 25.1 Å². The number of carbonyl (C=O) groups is 1. The Kier molecular flexibility index (Phi) is 4.08. The van der Waals surface area contributed by atoms with Crippen LogP contribution in [-0.4, -0.2) is 25.7 Å². The zero-order chi connectivity index (χ0) is 16.4. The van der Waals surface area contributed by atoms with E-state index in [1.54, 1.807) is 29.3 Å². The molecule has 0 radical (unpaired) electrons. The molecule has 1 aliphatic carbocycles. The summed E-state index contributed by atoms with van der Waals surface area (Å²) in [6, 6.07) is 7.48. The average Bonchev–Trinajstić information content (AvgIpc) is 3.21. The van der Waals surface area contributed by atoms with E-state index in [0.29, 0.717) is 16.7 Å². The van der Waals surface area contributed by atoms with Gasteiger partial charge in [-0.3, -0.25) is 19.8 Å². The molecule has 122 valence electrons. The first-order chi connectivity index (χ1) is 11.8. The van der Waals surface area contributed by atoms with E-state index in [1.165, 1.54) is 30.6 Å². The fraction of sp³-hybridized carbons (Fsp3) is 0.294. The van der Waals surface area contributed by atoms with E-state index in [9.17, 15) is 4.79 Å². The van der Waals surface area contributed by atoms with Crippen LogP contribution in [0.25, 0.3) is 10.6 Å². The zero-order valence-electron chi connectivity index (χ0n) is 13.1. The Hall–Kier alpha value is -2.54. The Bertz CT molecular complexity index is 838. The number of aromatic nitrogens is 4. The van der Waals surface area contributed by atoms with Crippen molar-refractivity contribution in [2.75, 3.05) is 5.32 Å². The lowest BCUT2D eigenvalue weighted by atomic mass is 9.85. The average molecular weight is 339 g/mol. The van der Waals surface area contributed by atoms with Crippen LogP contribution >= 0.6 is 11.3 Å². The lowest BCUT2D eigenvalue weighted by molar-refractivity contribution is 0.101. The van der Waals surface area contributed by atoms with Gasteiger partial charge in [-0.1, -0.05) is 23.8 Å². The van der Waals surface area contributed by atoms with Crippen LogP contribution in [0, 0.1) is 5.92 Å². The molecule has 1 saturated carbocycles. The molecule has 1 N–H and O–H groups in total. The number of hydrogen-bond acceptors (Lipinski definition) is 5. The molecule has 0 unspecified atom stereocenters. The summed E-state index contributed by atoms with van der Waals surface area (Å²) in [5, 5.41) is 7.71. The number of hydrogen-bond donors (Lipinski definition) is 1. The lowest BCUT2D eigenvalue weighted by Gasteiger charge is -2.25. The molecule has 0 atom stereocenters. The van der Waals surface area contributed by atoms with Gasteiger partial charge in [0.05, 0.1) is 10.6 Å². The first kappa shape index (κ1) is 15.0. The Morgan fingerprint density at radius 1 is 1.25 bits per heavy atom. The standard InChI is InChI=1S/C17H17N5OS/c23-16(14-7-9-20-22(14)11-12-4-3-5-12)21-17-19-10-15(24-17)13-6-1-2-8-18-13/h1-2,6-10,12H,3-5,11H2,(H,19,21,23). The van der Waals surface area contributed by atoms with Gasteiger partial charge in [0.1, 0.15) is 5.69 Å². The molecule has 0 aliphatic heterocycles. The van der Waals surface area contributed by atoms with Crippen molar-refractivity contribution in [2.24, 2.45) is 5.92 Å². The smallest absolute Gasteiger partial charge is 0.275 e. The van der Waals surface area contributed by atoms with Crippen LogP contribution in [0.4, 0.5) is 5.13 Å². The Morgan fingerprint density at radius 2 is 2.17 bits per heavy atom. The highest BCUT2D eigenvalue weighted by Crippen LogP contribution is 2.29. The predicted octanol–water partition coefficient (Wildman–Crippen LogP) is 3.45. The molecular formula is C17H17N5OS. The van der Waals surface area contributed by atoms with Crippen molar-refractivity contribution in [1.29, 1.82) is 0 Å². The summed E-state index contributed by atoms with van der Waals surface area (Å²) in [5.74, 6) is 0.473. The minimum absolute atomic E-state index is 0.172. The quantitative estimate of drug-likeness (QED) is 0.773. The number of nitrogens with zero attached hydrogens (tertiary/aromatic N) is 4. The number of rotatable bonds is 5. The number of carbonyl (C=O) groups excluding carboxylic acids is 1. The maximum atomic E-state index is 12.5. The van der Waals surface area contributed by atoms with E-state index in [4.69, 9.17) is 0 Å². The highest BCUT2D eigenvalue weighted by molar-refractivity contribution is 7.19. The fourth-order valence-corrected chi connectivity index (χ4v) is 3.50. The zero-order valence-corrected chi connectivity index (χ0v) is 13.9. The molecule has 0 spiro atoms. The van der Waals surface area contributed by atoms with E-state index in [-0.39, 0.29) is 5.91 Å². The first-order valence-electron chi connectivity index (χ1n) is 8.00. The van der Waals surface area contributed by atoms with Crippen molar-refractivity contribution < 1.29 is 4.79 Å². The van der Waals surface area contributed by atoms with Gasteiger partial charge in [-0.2, -0.15) is 5.10 Å². The molecule has 0 saturated heterocycles. The van der Waals surface area contributed by atoms with Crippen LogP contribution in [0.5, 0.6) is 0 Å². The van der Waals surface area contributed by atoms with Gasteiger partial charge in [-0.15, -0.1) is 0 Å². The summed E-state index contributed by atoms with van der Waals surface area (Å²) in [4.78, 5) is 22.0. The minimum atomic E-state index is -0.172. The Morgan fingerprint density at radius 3 is 2.92 bits per heavy atom. The number of amides is 1. The van der Waals surface area contributed by atoms with Crippen molar-refractivity contribution in [3.8, 4) is 10.6 Å². The molecule has 3 aromatic heterocycles. The number of thiazole rings is 1. The summed E-state index contributed by atoms with van der Waals surface area (Å²) in [7, 11) is 0. The van der Waals surface area contributed by atoms with Crippen LogP contribution in [0.1, 0.15) is 29.8 Å². The van der Waals surface area contributed by atoms with Gasteiger partial charge < -0.3 is 0 Å². The normalized spacial score (nSPS) is 14.3. The number of pyridine rings is 1. The third-order valence-electron chi connectivity index (χ3n) is 4.25. The topological polar surface area (TPSA) is 72.7 Å². The van der Waals surface area contributed by atoms with E-state index >= 15 is 0 Å². The number of anilines is 1. The SMILES string of the molecule is O=C(Nc1ncc(-c2ccccn2)s1)c1ccnn1CC1CCC1. The molecule has 1 fully saturated rings. The first-order valence-corrected chi connectivity index (χ1v) is 8.81. The monoisotopic (exact) mass is 339 g/mol. The van der Waals surface area contributed by atoms with Crippen molar-refractivity contribution in [3.05, 3.63) is 48.5 Å². The summed E-state index contributed by atoms with van der Waals surface area (Å²) in [5.41, 5.74) is 1.43. The lowest BCUT2D eigenvalue weighted by Crippen LogP contribution is -2.23. The van der Waals surface area contributed by atoms with Crippen molar-refractivity contribution in [1.82, 2.24) is 19.7 Å². The van der Waals surface area contributed by atoms with Crippen molar-refractivity contribution in [2.45, 2.75) is 25.8 Å². The van der Waals surface area contributed by atoms with E-state index in [1.807, 2.05) is 18.2 Å².